The van der Waals surface area contributed by atoms with Crippen molar-refractivity contribution in [3.63, 3.8) is 0 Å². The molecule has 2 atom stereocenters. The fourth-order valence-corrected chi connectivity index (χ4v) is 7.06. The van der Waals surface area contributed by atoms with Crippen LogP contribution in [0.2, 0.25) is 0 Å². The molecule has 2 aromatic carbocycles. The van der Waals surface area contributed by atoms with Crippen LogP contribution < -0.4 is 14.4 Å². The number of nitrogens with zero attached hydrogens (tertiary/aromatic N) is 6. The molecule has 1 fully saturated rings. The van der Waals surface area contributed by atoms with E-state index in [0.717, 1.165) is 41.9 Å². The van der Waals surface area contributed by atoms with Crippen LogP contribution in [0.3, 0.4) is 0 Å². The molecule has 246 valence electrons. The molecule has 12 heteroatoms. The van der Waals surface area contributed by atoms with Gasteiger partial charge in [-0.25, -0.2) is 28.1 Å². The second kappa shape index (κ2) is 13.3. The van der Waals surface area contributed by atoms with Crippen molar-refractivity contribution in [3.8, 4) is 17.1 Å². The molecule has 4 aromatic rings. The molecule has 6 rings (SSSR count). The number of ether oxygens (including phenoxy) is 1. The van der Waals surface area contributed by atoms with Gasteiger partial charge in [0.25, 0.3) is 15.9 Å². The fourth-order valence-electron chi connectivity index (χ4n) is 6.07. The van der Waals surface area contributed by atoms with Gasteiger partial charge in [-0.15, -0.1) is 0 Å². The smallest absolute Gasteiger partial charge is 0.264 e. The standard InChI is InChI=1S/C35H41N7O4S/c1-22(2)12-13-27-21-46-32-19-29(33-23(3)8-6-9-24(33)4)37-35(39-32)40-47(44,45)28-11-7-10-26(18-28)34(43)42(27)20-30-36-16-14-31(38-30)41-17-15-25(41)5/h6-11,14,16,18-19,22,25,27H,12-13,15,17,20-21H2,1-5H3,(H,37,39,40)/t25-,27-/m1/s1. The van der Waals surface area contributed by atoms with Crippen molar-refractivity contribution in [2.75, 3.05) is 22.8 Å². The molecule has 2 aliphatic heterocycles. The Balaban J connectivity index is 1.46. The first-order valence-corrected chi connectivity index (χ1v) is 17.6. The number of aryl methyl sites for hydroxylation is 2. The van der Waals surface area contributed by atoms with Crippen molar-refractivity contribution in [2.24, 2.45) is 5.92 Å². The lowest BCUT2D eigenvalue weighted by molar-refractivity contribution is 0.0557. The van der Waals surface area contributed by atoms with Gasteiger partial charge in [0.1, 0.15) is 18.2 Å². The van der Waals surface area contributed by atoms with Crippen LogP contribution >= 0.6 is 0 Å². The largest absolute Gasteiger partial charge is 0.475 e. The molecule has 1 saturated heterocycles. The molecule has 0 unspecified atom stereocenters. The minimum atomic E-state index is -4.16. The van der Waals surface area contributed by atoms with Crippen LogP contribution in [0.4, 0.5) is 11.8 Å². The number of benzene rings is 2. The van der Waals surface area contributed by atoms with E-state index in [1.165, 1.54) is 12.1 Å². The second-order valence-corrected chi connectivity index (χ2v) is 14.5. The van der Waals surface area contributed by atoms with Gasteiger partial charge in [-0.1, -0.05) is 38.1 Å². The van der Waals surface area contributed by atoms with Gasteiger partial charge in [0.15, 0.2) is 0 Å². The van der Waals surface area contributed by atoms with Gasteiger partial charge in [0.2, 0.25) is 11.8 Å². The number of amides is 1. The van der Waals surface area contributed by atoms with Gasteiger partial charge < -0.3 is 14.5 Å². The minimum absolute atomic E-state index is 0.0742. The first-order valence-electron chi connectivity index (χ1n) is 16.1. The molecular formula is C35H41N7O4S. The highest BCUT2D eigenvalue weighted by atomic mass is 32.2. The number of hydrogen-bond donors (Lipinski definition) is 1. The topological polar surface area (TPSA) is 131 Å². The number of aromatic nitrogens is 4. The highest BCUT2D eigenvalue weighted by Crippen LogP contribution is 2.31. The predicted octanol–water partition coefficient (Wildman–Crippen LogP) is 5.79. The van der Waals surface area contributed by atoms with Crippen LogP contribution in [-0.2, 0) is 16.6 Å². The lowest BCUT2D eigenvalue weighted by Crippen LogP contribution is -2.46. The van der Waals surface area contributed by atoms with Crippen molar-refractivity contribution in [2.45, 2.75) is 77.4 Å². The molecule has 2 aliphatic rings. The van der Waals surface area contributed by atoms with Gasteiger partial charge in [-0.3, -0.25) is 4.79 Å². The number of fused-ring (bicyclic) bond motifs is 4. The number of rotatable bonds is 7. The summed E-state index contributed by atoms with van der Waals surface area (Å²) in [7, 11) is -4.16. The fraction of sp³-hybridized carbons (Fsp3) is 0.400. The summed E-state index contributed by atoms with van der Waals surface area (Å²) in [6, 6.07) is 15.6. The zero-order valence-electron chi connectivity index (χ0n) is 27.5. The summed E-state index contributed by atoms with van der Waals surface area (Å²) in [5.41, 5.74) is 3.60. The molecule has 0 saturated carbocycles. The second-order valence-electron chi connectivity index (χ2n) is 12.8. The van der Waals surface area contributed by atoms with Gasteiger partial charge in [0.05, 0.1) is 23.2 Å². The average Bonchev–Trinajstić information content (AvgIpc) is 3.02. The highest BCUT2D eigenvalue weighted by Gasteiger charge is 2.30. The molecule has 4 bridgehead atoms. The molecule has 4 heterocycles. The molecule has 2 aromatic heterocycles. The van der Waals surface area contributed by atoms with Crippen LogP contribution in [0, 0.1) is 19.8 Å². The number of anilines is 2. The van der Waals surface area contributed by atoms with Gasteiger partial charge in [-0.05, 0) is 81.3 Å². The number of hydrogen-bond acceptors (Lipinski definition) is 9. The summed E-state index contributed by atoms with van der Waals surface area (Å²) in [4.78, 5) is 36.7. The van der Waals surface area contributed by atoms with Crippen LogP contribution in [0.1, 0.15) is 67.3 Å². The third-order valence-corrected chi connectivity index (χ3v) is 10.2. The third-order valence-electron chi connectivity index (χ3n) is 8.88. The number of carbonyl (C=O) groups is 1. The van der Waals surface area contributed by atoms with E-state index < -0.39 is 16.1 Å². The molecule has 1 amide bonds. The van der Waals surface area contributed by atoms with E-state index in [1.54, 1.807) is 29.3 Å². The van der Waals surface area contributed by atoms with E-state index in [1.807, 2.05) is 38.1 Å². The average molecular weight is 656 g/mol. The van der Waals surface area contributed by atoms with Crippen molar-refractivity contribution >= 4 is 27.7 Å². The molecule has 0 radical (unpaired) electrons. The number of sulfonamides is 1. The van der Waals surface area contributed by atoms with Gasteiger partial charge in [0, 0.05) is 36.0 Å². The Morgan fingerprint density at radius 1 is 1.02 bits per heavy atom. The SMILES string of the molecule is Cc1cccc(C)c1-c1cc2nc(n1)NS(=O)(=O)c1cccc(c1)C(=O)N(Cc1nccc(N3CC[C@H]3C)n1)[C@H](CCC(C)C)CO2. The van der Waals surface area contributed by atoms with Crippen molar-refractivity contribution < 1.29 is 17.9 Å². The van der Waals surface area contributed by atoms with Crippen molar-refractivity contribution in [1.82, 2.24) is 24.8 Å². The maximum Gasteiger partial charge on any atom is 0.264 e. The first-order chi connectivity index (χ1) is 22.5. The van der Waals surface area contributed by atoms with Crippen LogP contribution in [0.25, 0.3) is 11.3 Å². The summed E-state index contributed by atoms with van der Waals surface area (Å²) in [5.74, 6) is 1.46. The maximum atomic E-state index is 14.4. The van der Waals surface area contributed by atoms with Crippen LogP contribution in [0.15, 0.2) is 65.7 Å². The van der Waals surface area contributed by atoms with E-state index in [9.17, 15) is 13.2 Å². The lowest BCUT2D eigenvalue weighted by Gasteiger charge is -2.39. The Labute approximate surface area is 276 Å². The predicted molar refractivity (Wildman–Crippen MR) is 181 cm³/mol. The van der Waals surface area contributed by atoms with Crippen molar-refractivity contribution in [3.05, 3.63) is 83.3 Å². The first kappa shape index (κ1) is 32.4. The van der Waals surface area contributed by atoms with E-state index in [2.05, 4.69) is 45.3 Å². The normalized spacial score (nSPS) is 19.1. The highest BCUT2D eigenvalue weighted by molar-refractivity contribution is 7.92. The third kappa shape index (κ3) is 7.07. The maximum absolute atomic E-state index is 14.4. The summed E-state index contributed by atoms with van der Waals surface area (Å²) >= 11 is 0. The Morgan fingerprint density at radius 3 is 2.49 bits per heavy atom. The monoisotopic (exact) mass is 655 g/mol. The van der Waals surface area contributed by atoms with Crippen LogP contribution in [-0.4, -0.2) is 64.4 Å². The summed E-state index contributed by atoms with van der Waals surface area (Å²) in [5, 5.41) is 0. The van der Waals surface area contributed by atoms with E-state index in [4.69, 9.17) is 9.72 Å². The molecule has 1 N–H and O–H groups in total. The van der Waals surface area contributed by atoms with E-state index in [-0.39, 0.29) is 41.3 Å². The molecule has 0 spiro atoms. The molecule has 11 nitrogen and oxygen atoms in total. The number of nitrogens with one attached hydrogen (secondary N) is 1. The molecule has 47 heavy (non-hydrogen) atoms. The van der Waals surface area contributed by atoms with Gasteiger partial charge >= 0.3 is 0 Å². The summed E-state index contributed by atoms with van der Waals surface area (Å²) in [6.45, 7) is 11.6. The zero-order valence-corrected chi connectivity index (χ0v) is 28.3. The zero-order chi connectivity index (χ0) is 33.3. The molecule has 0 aliphatic carbocycles. The van der Waals surface area contributed by atoms with Crippen molar-refractivity contribution in [1.29, 1.82) is 0 Å². The Bertz CT molecular complexity index is 1880. The van der Waals surface area contributed by atoms with E-state index in [0.29, 0.717) is 29.9 Å². The summed E-state index contributed by atoms with van der Waals surface area (Å²) in [6.07, 6.45) is 4.30. The van der Waals surface area contributed by atoms with Crippen LogP contribution in [0.5, 0.6) is 5.88 Å². The Morgan fingerprint density at radius 2 is 1.79 bits per heavy atom. The van der Waals surface area contributed by atoms with Gasteiger partial charge in [-0.2, -0.15) is 4.98 Å². The van der Waals surface area contributed by atoms with E-state index >= 15 is 0 Å². The number of carbonyl (C=O) groups excluding carboxylic acids is 1. The lowest BCUT2D eigenvalue weighted by atomic mass is 10.00. The summed E-state index contributed by atoms with van der Waals surface area (Å²) < 4.78 is 36.2. The Hall–Kier alpha value is -4.58. The minimum Gasteiger partial charge on any atom is -0.475 e. The quantitative estimate of drug-likeness (QED) is 0.263. The Kier molecular flexibility index (Phi) is 9.14. The molecular weight excluding hydrogens is 614 g/mol.